The molecule has 1 amide bonds. The van der Waals surface area contributed by atoms with Crippen LogP contribution in [-0.4, -0.2) is 60.0 Å². The topological polar surface area (TPSA) is 39.7 Å². The minimum atomic E-state index is 0.187. The van der Waals surface area contributed by atoms with Crippen molar-refractivity contribution in [2.24, 2.45) is 5.92 Å². The Morgan fingerprint density at radius 2 is 1.76 bits per heavy atom. The van der Waals surface area contributed by atoms with Gasteiger partial charge in [-0.3, -0.25) is 14.7 Å². The summed E-state index contributed by atoms with van der Waals surface area (Å²) in [4.78, 5) is 24.2. The first-order valence-corrected chi connectivity index (χ1v) is 10.8. The number of anilines is 1. The van der Waals surface area contributed by atoms with Gasteiger partial charge in [-0.1, -0.05) is 18.2 Å². The van der Waals surface area contributed by atoms with Crippen LogP contribution in [0.3, 0.4) is 0 Å². The van der Waals surface area contributed by atoms with Crippen LogP contribution in [0.2, 0.25) is 0 Å². The van der Waals surface area contributed by atoms with Crippen LogP contribution in [0.1, 0.15) is 29.5 Å². The summed E-state index contributed by atoms with van der Waals surface area (Å²) in [5.74, 6) is 0.555. The van der Waals surface area contributed by atoms with Gasteiger partial charge in [0, 0.05) is 56.7 Å². The van der Waals surface area contributed by atoms with E-state index in [2.05, 4.69) is 57.8 Å². The summed E-state index contributed by atoms with van der Waals surface area (Å²) in [6.07, 6.45) is 5.69. The molecule has 0 saturated carbocycles. The SMILES string of the molecule is Cc1cccc(N2CCN(C(=O)C3CCN(Cc4cccnc4)CC3)CC2)c1C. The maximum atomic E-state index is 13.1. The highest BCUT2D eigenvalue weighted by Gasteiger charge is 2.30. The Morgan fingerprint density at radius 3 is 2.45 bits per heavy atom. The fraction of sp³-hybridized carbons (Fsp3) is 0.500. The van der Waals surface area contributed by atoms with E-state index in [4.69, 9.17) is 0 Å². The molecule has 5 nitrogen and oxygen atoms in total. The molecule has 2 aromatic rings. The van der Waals surface area contributed by atoms with E-state index in [-0.39, 0.29) is 5.92 Å². The van der Waals surface area contributed by atoms with Gasteiger partial charge in [0.05, 0.1) is 0 Å². The van der Waals surface area contributed by atoms with Gasteiger partial charge in [0.15, 0.2) is 0 Å². The zero-order valence-electron chi connectivity index (χ0n) is 17.7. The Bertz CT molecular complexity index is 822. The molecule has 0 bridgehead atoms. The highest BCUT2D eigenvalue weighted by atomic mass is 16.2. The molecule has 154 valence electrons. The zero-order valence-corrected chi connectivity index (χ0v) is 17.7. The first-order chi connectivity index (χ1) is 14.1. The fourth-order valence-electron chi connectivity index (χ4n) is 4.59. The van der Waals surface area contributed by atoms with E-state index in [1.165, 1.54) is 22.4 Å². The second-order valence-electron chi connectivity index (χ2n) is 8.44. The van der Waals surface area contributed by atoms with Gasteiger partial charge in [0.1, 0.15) is 0 Å². The van der Waals surface area contributed by atoms with Gasteiger partial charge < -0.3 is 9.80 Å². The minimum Gasteiger partial charge on any atom is -0.368 e. The van der Waals surface area contributed by atoms with Crippen molar-refractivity contribution in [1.82, 2.24) is 14.8 Å². The Morgan fingerprint density at radius 1 is 1.00 bits per heavy atom. The molecule has 2 saturated heterocycles. The molecule has 4 rings (SSSR count). The fourth-order valence-corrected chi connectivity index (χ4v) is 4.59. The van der Waals surface area contributed by atoms with Crippen LogP contribution in [-0.2, 0) is 11.3 Å². The predicted molar refractivity (Wildman–Crippen MR) is 117 cm³/mol. The number of hydrogen-bond donors (Lipinski definition) is 0. The summed E-state index contributed by atoms with van der Waals surface area (Å²) < 4.78 is 0. The monoisotopic (exact) mass is 392 g/mol. The summed E-state index contributed by atoms with van der Waals surface area (Å²) in [6, 6.07) is 10.6. The van der Waals surface area contributed by atoms with Crippen molar-refractivity contribution >= 4 is 11.6 Å². The number of nitrogens with zero attached hydrogens (tertiary/aromatic N) is 4. The third-order valence-corrected chi connectivity index (χ3v) is 6.57. The van der Waals surface area contributed by atoms with Crippen LogP contribution in [0, 0.1) is 19.8 Å². The molecule has 0 atom stereocenters. The third kappa shape index (κ3) is 4.61. The van der Waals surface area contributed by atoms with Crippen LogP contribution >= 0.6 is 0 Å². The highest BCUT2D eigenvalue weighted by molar-refractivity contribution is 5.79. The number of aromatic nitrogens is 1. The van der Waals surface area contributed by atoms with E-state index in [0.717, 1.165) is 58.7 Å². The van der Waals surface area contributed by atoms with E-state index in [0.29, 0.717) is 5.91 Å². The largest absolute Gasteiger partial charge is 0.368 e. The minimum absolute atomic E-state index is 0.187. The molecule has 2 aliphatic heterocycles. The van der Waals surface area contributed by atoms with Gasteiger partial charge in [-0.05, 0) is 68.6 Å². The molecule has 1 aromatic heterocycles. The average Bonchev–Trinajstić information content (AvgIpc) is 2.77. The summed E-state index contributed by atoms with van der Waals surface area (Å²) in [6.45, 7) is 10.8. The third-order valence-electron chi connectivity index (χ3n) is 6.57. The van der Waals surface area contributed by atoms with Crippen molar-refractivity contribution in [1.29, 1.82) is 0 Å². The number of piperidine rings is 1. The zero-order chi connectivity index (χ0) is 20.2. The Labute approximate surface area is 174 Å². The first-order valence-electron chi connectivity index (χ1n) is 10.8. The lowest BCUT2D eigenvalue weighted by molar-refractivity contribution is -0.137. The maximum Gasteiger partial charge on any atom is 0.225 e. The molecule has 3 heterocycles. The molecule has 2 fully saturated rings. The first kappa shape index (κ1) is 19.9. The van der Waals surface area contributed by atoms with Crippen molar-refractivity contribution < 1.29 is 4.79 Å². The quantitative estimate of drug-likeness (QED) is 0.801. The summed E-state index contributed by atoms with van der Waals surface area (Å²) in [5.41, 5.74) is 5.26. The van der Waals surface area contributed by atoms with Gasteiger partial charge in [-0.2, -0.15) is 0 Å². The van der Waals surface area contributed by atoms with E-state index in [1.807, 2.05) is 18.5 Å². The Hall–Kier alpha value is -2.40. The number of carbonyl (C=O) groups is 1. The number of amides is 1. The molecule has 0 radical (unpaired) electrons. The molecule has 0 aliphatic carbocycles. The van der Waals surface area contributed by atoms with Crippen molar-refractivity contribution in [2.45, 2.75) is 33.2 Å². The molecule has 2 aliphatic rings. The summed E-state index contributed by atoms with van der Waals surface area (Å²) in [7, 11) is 0. The van der Waals surface area contributed by atoms with Crippen molar-refractivity contribution in [3.05, 3.63) is 59.4 Å². The average molecular weight is 393 g/mol. The van der Waals surface area contributed by atoms with Gasteiger partial charge in [0.25, 0.3) is 0 Å². The van der Waals surface area contributed by atoms with Gasteiger partial charge in [-0.15, -0.1) is 0 Å². The van der Waals surface area contributed by atoms with Gasteiger partial charge in [0.2, 0.25) is 5.91 Å². The normalized spacial score (nSPS) is 18.8. The Balaban J connectivity index is 1.26. The highest BCUT2D eigenvalue weighted by Crippen LogP contribution is 2.26. The molecule has 1 aromatic carbocycles. The second-order valence-corrected chi connectivity index (χ2v) is 8.44. The predicted octanol–water partition coefficient (Wildman–Crippen LogP) is 3.26. The standard InChI is InChI=1S/C24H32N4O/c1-19-5-3-7-23(20(19)2)27-13-15-28(16-14-27)24(29)22-8-11-26(12-9-22)18-21-6-4-10-25-17-21/h3-7,10,17,22H,8-9,11-16,18H2,1-2H3. The number of benzene rings is 1. The molecule has 0 spiro atoms. The number of hydrogen-bond acceptors (Lipinski definition) is 4. The van der Waals surface area contributed by atoms with Crippen molar-refractivity contribution in [3.63, 3.8) is 0 Å². The van der Waals surface area contributed by atoms with E-state index in [9.17, 15) is 4.79 Å². The van der Waals surface area contributed by atoms with Gasteiger partial charge in [-0.25, -0.2) is 0 Å². The lowest BCUT2D eigenvalue weighted by atomic mass is 9.94. The molecule has 0 N–H and O–H groups in total. The van der Waals surface area contributed by atoms with E-state index in [1.54, 1.807) is 0 Å². The molecule has 29 heavy (non-hydrogen) atoms. The van der Waals surface area contributed by atoms with Crippen LogP contribution in [0.4, 0.5) is 5.69 Å². The molecule has 5 heteroatoms. The number of piperazine rings is 1. The van der Waals surface area contributed by atoms with E-state index < -0.39 is 0 Å². The lowest BCUT2D eigenvalue weighted by Gasteiger charge is -2.40. The molecular formula is C24H32N4O. The lowest BCUT2D eigenvalue weighted by Crippen LogP contribution is -2.51. The summed E-state index contributed by atoms with van der Waals surface area (Å²) >= 11 is 0. The van der Waals surface area contributed by atoms with Crippen LogP contribution in [0.25, 0.3) is 0 Å². The summed E-state index contributed by atoms with van der Waals surface area (Å²) in [5, 5.41) is 0. The molecule has 0 unspecified atom stereocenters. The van der Waals surface area contributed by atoms with Crippen LogP contribution in [0.15, 0.2) is 42.7 Å². The van der Waals surface area contributed by atoms with Crippen LogP contribution in [0.5, 0.6) is 0 Å². The number of aryl methyl sites for hydroxylation is 1. The number of likely N-dealkylation sites (tertiary alicyclic amines) is 1. The van der Waals surface area contributed by atoms with E-state index >= 15 is 0 Å². The van der Waals surface area contributed by atoms with Crippen molar-refractivity contribution in [3.8, 4) is 0 Å². The van der Waals surface area contributed by atoms with Crippen LogP contribution < -0.4 is 4.90 Å². The Kier molecular flexibility index (Phi) is 6.14. The van der Waals surface area contributed by atoms with Gasteiger partial charge >= 0.3 is 0 Å². The number of carbonyl (C=O) groups excluding carboxylic acids is 1. The smallest absolute Gasteiger partial charge is 0.225 e. The van der Waals surface area contributed by atoms with Crippen molar-refractivity contribution in [2.75, 3.05) is 44.2 Å². The number of pyridine rings is 1. The molecular weight excluding hydrogens is 360 g/mol. The maximum absolute atomic E-state index is 13.1. The second kappa shape index (κ2) is 8.95. The number of rotatable bonds is 4.